The van der Waals surface area contributed by atoms with Gasteiger partial charge in [0.15, 0.2) is 11.5 Å². The highest BCUT2D eigenvalue weighted by atomic mass is 79.9. The number of nitrogens with one attached hydrogen (secondary N) is 1. The lowest BCUT2D eigenvalue weighted by atomic mass is 10.1. The van der Waals surface area contributed by atoms with E-state index in [4.69, 9.17) is 21.1 Å². The van der Waals surface area contributed by atoms with Crippen molar-refractivity contribution < 1.29 is 14.6 Å². The Bertz CT molecular complexity index is 705. The summed E-state index contributed by atoms with van der Waals surface area (Å²) >= 11 is 9.48. The third-order valence-corrected chi connectivity index (χ3v) is 4.78. The summed E-state index contributed by atoms with van der Waals surface area (Å²) in [6.07, 6.45) is 0. The molecule has 0 bridgehead atoms. The van der Waals surface area contributed by atoms with Crippen LogP contribution in [0.4, 0.5) is 0 Å². The van der Waals surface area contributed by atoms with E-state index in [2.05, 4.69) is 21.2 Å². The van der Waals surface area contributed by atoms with Crippen LogP contribution in [-0.4, -0.2) is 24.4 Å². The molecule has 4 nitrogen and oxygen atoms in total. The molecule has 0 aliphatic carbocycles. The summed E-state index contributed by atoms with van der Waals surface area (Å²) in [4.78, 5) is 0. The maximum atomic E-state index is 9.35. The van der Waals surface area contributed by atoms with Crippen molar-refractivity contribution in [3.8, 4) is 11.5 Å². The van der Waals surface area contributed by atoms with Gasteiger partial charge in [-0.2, -0.15) is 0 Å². The van der Waals surface area contributed by atoms with E-state index in [-0.39, 0.29) is 12.1 Å². The molecule has 2 aromatic carbocycles. The summed E-state index contributed by atoms with van der Waals surface area (Å²) < 4.78 is 12.3. The van der Waals surface area contributed by atoms with Crippen LogP contribution in [-0.2, 0) is 13.2 Å². The lowest BCUT2D eigenvalue weighted by molar-refractivity contribution is 0.187. The van der Waals surface area contributed by atoms with E-state index in [1.807, 2.05) is 50.2 Å². The van der Waals surface area contributed by atoms with Crippen LogP contribution in [0.5, 0.6) is 11.5 Å². The molecule has 0 radical (unpaired) electrons. The maximum Gasteiger partial charge on any atom is 0.162 e. The summed E-state index contributed by atoms with van der Waals surface area (Å²) in [7, 11) is 1.62. The van der Waals surface area contributed by atoms with Crippen LogP contribution >= 0.6 is 27.5 Å². The highest BCUT2D eigenvalue weighted by Crippen LogP contribution is 2.34. The Hall–Kier alpha value is -1.27. The average molecular weight is 429 g/mol. The molecule has 0 saturated carbocycles. The maximum absolute atomic E-state index is 9.35. The number of halogens is 2. The van der Waals surface area contributed by atoms with Gasteiger partial charge in [0.2, 0.25) is 0 Å². The largest absolute Gasteiger partial charge is 0.493 e. The zero-order valence-electron chi connectivity index (χ0n) is 14.6. The Balaban J connectivity index is 2.11. The van der Waals surface area contributed by atoms with Gasteiger partial charge >= 0.3 is 0 Å². The molecular formula is C19H23BrClNO3. The minimum Gasteiger partial charge on any atom is -0.493 e. The molecule has 2 N–H and O–H groups in total. The predicted octanol–water partition coefficient (Wildman–Crippen LogP) is 4.55. The third kappa shape index (κ3) is 5.89. The Labute approximate surface area is 162 Å². The molecule has 0 atom stereocenters. The average Bonchev–Trinajstić information content (AvgIpc) is 2.60. The molecule has 6 heteroatoms. The van der Waals surface area contributed by atoms with E-state index in [1.165, 1.54) is 0 Å². The van der Waals surface area contributed by atoms with Gasteiger partial charge < -0.3 is 19.9 Å². The van der Waals surface area contributed by atoms with Gasteiger partial charge in [-0.15, -0.1) is 0 Å². The van der Waals surface area contributed by atoms with Crippen molar-refractivity contribution in [2.75, 3.05) is 13.7 Å². The second-order valence-electron chi connectivity index (χ2n) is 6.41. The first-order valence-corrected chi connectivity index (χ1v) is 9.11. The molecule has 0 amide bonds. The van der Waals surface area contributed by atoms with Crippen molar-refractivity contribution in [1.82, 2.24) is 5.32 Å². The number of hydrogen-bond acceptors (Lipinski definition) is 4. The number of benzene rings is 2. The number of ether oxygens (including phenoxy) is 2. The van der Waals surface area contributed by atoms with Gasteiger partial charge in [-0.25, -0.2) is 0 Å². The minimum atomic E-state index is -0.351. The zero-order chi connectivity index (χ0) is 18.4. The van der Waals surface area contributed by atoms with Gasteiger partial charge in [-0.05, 0) is 49.2 Å². The molecule has 0 aromatic heterocycles. The summed E-state index contributed by atoms with van der Waals surface area (Å²) in [5.41, 5.74) is 1.70. The van der Waals surface area contributed by atoms with E-state index in [9.17, 15) is 5.11 Å². The molecule has 25 heavy (non-hydrogen) atoms. The van der Waals surface area contributed by atoms with Gasteiger partial charge in [0.05, 0.1) is 13.7 Å². The van der Waals surface area contributed by atoms with E-state index >= 15 is 0 Å². The molecule has 0 spiro atoms. The number of hydrogen-bond donors (Lipinski definition) is 2. The fraction of sp³-hybridized carbons (Fsp3) is 0.368. The standard InChI is InChI=1S/C19H23BrClNO3/c1-19(2,12-23)22-10-14-8-17(24-3)18(9-16(14)20)25-11-13-4-6-15(21)7-5-13/h4-9,22-23H,10-12H2,1-3H3. The second kappa shape index (κ2) is 8.90. The first-order chi connectivity index (χ1) is 11.8. The quantitative estimate of drug-likeness (QED) is 0.647. The highest BCUT2D eigenvalue weighted by Gasteiger charge is 2.17. The van der Waals surface area contributed by atoms with Crippen molar-refractivity contribution in [2.24, 2.45) is 0 Å². The van der Waals surface area contributed by atoms with Crippen molar-refractivity contribution in [2.45, 2.75) is 32.5 Å². The van der Waals surface area contributed by atoms with Gasteiger partial charge in [0.25, 0.3) is 0 Å². The SMILES string of the molecule is COc1cc(CNC(C)(C)CO)c(Br)cc1OCc1ccc(Cl)cc1. The van der Waals surface area contributed by atoms with Gasteiger partial charge in [0.1, 0.15) is 6.61 Å². The number of rotatable bonds is 8. The van der Waals surface area contributed by atoms with Crippen LogP contribution in [0.15, 0.2) is 40.9 Å². The second-order valence-corrected chi connectivity index (χ2v) is 7.70. The lowest BCUT2D eigenvalue weighted by Gasteiger charge is -2.24. The van der Waals surface area contributed by atoms with E-state index in [0.717, 1.165) is 15.6 Å². The molecule has 0 unspecified atom stereocenters. The van der Waals surface area contributed by atoms with Gasteiger partial charge in [-0.1, -0.05) is 39.7 Å². The molecule has 0 fully saturated rings. The zero-order valence-corrected chi connectivity index (χ0v) is 16.9. The molecule has 136 valence electrons. The first kappa shape index (κ1) is 20.0. The van der Waals surface area contributed by atoms with Crippen LogP contribution < -0.4 is 14.8 Å². The number of aliphatic hydroxyl groups excluding tert-OH is 1. The van der Waals surface area contributed by atoms with E-state index in [0.29, 0.717) is 29.7 Å². The summed E-state index contributed by atoms with van der Waals surface area (Å²) in [6, 6.07) is 11.4. The molecule has 0 aliphatic heterocycles. The summed E-state index contributed by atoms with van der Waals surface area (Å²) in [5.74, 6) is 1.32. The molecule has 0 heterocycles. The van der Waals surface area contributed by atoms with Crippen molar-refractivity contribution in [1.29, 1.82) is 0 Å². The Morgan fingerprint density at radius 3 is 2.44 bits per heavy atom. The lowest BCUT2D eigenvalue weighted by Crippen LogP contribution is -2.42. The Morgan fingerprint density at radius 1 is 1.16 bits per heavy atom. The van der Waals surface area contributed by atoms with Crippen molar-refractivity contribution in [3.05, 3.63) is 57.0 Å². The van der Waals surface area contributed by atoms with Crippen LogP contribution in [0.2, 0.25) is 5.02 Å². The number of aliphatic hydroxyl groups is 1. The molecule has 2 aromatic rings. The minimum absolute atomic E-state index is 0.0596. The van der Waals surface area contributed by atoms with Gasteiger partial charge in [-0.3, -0.25) is 0 Å². The van der Waals surface area contributed by atoms with Gasteiger partial charge in [0, 0.05) is 21.6 Å². The molecule has 2 rings (SSSR count). The fourth-order valence-electron chi connectivity index (χ4n) is 2.12. The van der Waals surface area contributed by atoms with E-state index in [1.54, 1.807) is 7.11 Å². The summed E-state index contributed by atoms with van der Waals surface area (Å²) in [6.45, 7) is 4.98. The van der Waals surface area contributed by atoms with Crippen LogP contribution in [0.25, 0.3) is 0 Å². The van der Waals surface area contributed by atoms with Crippen LogP contribution in [0, 0.1) is 0 Å². The summed E-state index contributed by atoms with van der Waals surface area (Å²) in [5, 5.41) is 13.4. The highest BCUT2D eigenvalue weighted by molar-refractivity contribution is 9.10. The third-order valence-electron chi connectivity index (χ3n) is 3.79. The van der Waals surface area contributed by atoms with E-state index < -0.39 is 0 Å². The normalized spacial score (nSPS) is 11.4. The van der Waals surface area contributed by atoms with Crippen molar-refractivity contribution in [3.63, 3.8) is 0 Å². The fourth-order valence-corrected chi connectivity index (χ4v) is 2.71. The topological polar surface area (TPSA) is 50.7 Å². The monoisotopic (exact) mass is 427 g/mol. The molecule has 0 saturated heterocycles. The smallest absolute Gasteiger partial charge is 0.162 e. The van der Waals surface area contributed by atoms with Crippen LogP contribution in [0.1, 0.15) is 25.0 Å². The first-order valence-electron chi connectivity index (χ1n) is 7.94. The van der Waals surface area contributed by atoms with Crippen LogP contribution in [0.3, 0.4) is 0 Å². The predicted molar refractivity (Wildman–Crippen MR) is 104 cm³/mol. The molecule has 0 aliphatic rings. The van der Waals surface area contributed by atoms with Crippen molar-refractivity contribution >= 4 is 27.5 Å². The number of methoxy groups -OCH3 is 1. The Kier molecular flexibility index (Phi) is 7.14. The molecular weight excluding hydrogens is 406 g/mol. The Morgan fingerprint density at radius 2 is 1.84 bits per heavy atom.